The monoisotopic (exact) mass is 773 g/mol. The van der Waals surface area contributed by atoms with E-state index in [2.05, 4.69) is 21.3 Å². The van der Waals surface area contributed by atoms with Gasteiger partial charge in [0, 0.05) is 24.8 Å². The van der Waals surface area contributed by atoms with Crippen LogP contribution in [0.4, 0.5) is 13.2 Å². The molecule has 2 unspecified atom stereocenters. The number of hydrogen-bond acceptors (Lipinski definition) is 6. The number of benzene rings is 4. The maximum absolute atomic E-state index is 14.1. The molecule has 56 heavy (non-hydrogen) atoms. The molecule has 0 fully saturated rings. The third-order valence-electron chi connectivity index (χ3n) is 9.07. The van der Waals surface area contributed by atoms with Crippen LogP contribution >= 0.6 is 0 Å². The van der Waals surface area contributed by atoms with E-state index < -0.39 is 84.7 Å². The van der Waals surface area contributed by atoms with E-state index in [0.29, 0.717) is 16.7 Å². The number of aliphatic hydroxyl groups is 1. The molecule has 0 aliphatic carbocycles. The van der Waals surface area contributed by atoms with Crippen LogP contribution in [0.1, 0.15) is 48.2 Å². The molecule has 11 nitrogen and oxygen atoms in total. The summed E-state index contributed by atoms with van der Waals surface area (Å²) >= 11 is 0. The van der Waals surface area contributed by atoms with Crippen molar-refractivity contribution < 1.29 is 42.3 Å². The summed E-state index contributed by atoms with van der Waals surface area (Å²) in [6.45, 7) is 3.44. The zero-order valence-corrected chi connectivity index (χ0v) is 31.0. The van der Waals surface area contributed by atoms with E-state index in [1.807, 2.05) is 30.3 Å². The molecule has 0 saturated heterocycles. The van der Waals surface area contributed by atoms with Crippen molar-refractivity contribution in [3.63, 3.8) is 0 Å². The summed E-state index contributed by atoms with van der Waals surface area (Å²) in [5.74, 6) is -4.49. The smallest absolute Gasteiger partial charge is 0.382 e. The molecular formula is C42H46F3N5O6. The Kier molecular flexibility index (Phi) is 15.3. The fourth-order valence-corrected chi connectivity index (χ4v) is 5.97. The minimum absolute atomic E-state index is 0.0498. The fraction of sp³-hybridized carbons (Fsp3) is 0.310. The third-order valence-corrected chi connectivity index (χ3v) is 9.07. The highest BCUT2D eigenvalue weighted by Crippen LogP contribution is 2.25. The first-order chi connectivity index (χ1) is 26.6. The fourth-order valence-electron chi connectivity index (χ4n) is 5.97. The number of amides is 5. The maximum atomic E-state index is 14.1. The lowest BCUT2D eigenvalue weighted by Gasteiger charge is -2.29. The normalized spacial score (nSPS) is 14.1. The summed E-state index contributed by atoms with van der Waals surface area (Å²) in [5.41, 5.74) is 8.49. The highest BCUT2D eigenvalue weighted by Gasteiger charge is 2.44. The summed E-state index contributed by atoms with van der Waals surface area (Å²) < 4.78 is 40.8. The SMILES string of the molecule is CC(C)[C@H](NC(=O)c1ccc(-c2ccccc2)cc1)C(=O)N[C@@H](Cc1ccccc1)C(=O)N[C@@H](Cc1ccccc1)C(=O)NC(CCC(N)=O)C(O)C(F)(F)F. The molecule has 0 spiro atoms. The Morgan fingerprint density at radius 2 is 1.07 bits per heavy atom. The van der Waals surface area contributed by atoms with Gasteiger partial charge in [-0.3, -0.25) is 24.0 Å². The average molecular weight is 774 g/mol. The van der Waals surface area contributed by atoms with Gasteiger partial charge in [-0.1, -0.05) is 117 Å². The molecule has 0 aliphatic rings. The number of carbonyl (C=O) groups is 5. The summed E-state index contributed by atoms with van der Waals surface area (Å²) in [4.78, 5) is 66.4. The number of nitrogens with one attached hydrogen (secondary N) is 4. The summed E-state index contributed by atoms with van der Waals surface area (Å²) in [7, 11) is 0. The molecule has 0 radical (unpaired) electrons. The van der Waals surface area contributed by atoms with Gasteiger partial charge in [-0.05, 0) is 46.7 Å². The van der Waals surface area contributed by atoms with E-state index in [0.717, 1.165) is 11.1 Å². The zero-order valence-electron chi connectivity index (χ0n) is 31.0. The third kappa shape index (κ3) is 12.8. The highest BCUT2D eigenvalue weighted by molar-refractivity contribution is 5.99. The van der Waals surface area contributed by atoms with E-state index in [9.17, 15) is 42.3 Å². The number of alkyl halides is 3. The first kappa shape index (κ1) is 42.7. The topological polar surface area (TPSA) is 180 Å². The zero-order chi connectivity index (χ0) is 40.8. The van der Waals surface area contributed by atoms with Crippen molar-refractivity contribution in [2.45, 2.75) is 76.0 Å². The number of nitrogens with two attached hydrogens (primary N) is 1. The van der Waals surface area contributed by atoms with Gasteiger partial charge in [-0.25, -0.2) is 0 Å². The number of hydrogen-bond donors (Lipinski definition) is 6. The van der Waals surface area contributed by atoms with E-state index in [1.165, 1.54) is 0 Å². The van der Waals surface area contributed by atoms with Gasteiger partial charge in [-0.15, -0.1) is 0 Å². The molecule has 4 rings (SSSR count). The molecule has 7 N–H and O–H groups in total. The minimum atomic E-state index is -5.15. The van der Waals surface area contributed by atoms with Crippen molar-refractivity contribution in [1.29, 1.82) is 0 Å². The van der Waals surface area contributed by atoms with Crippen LogP contribution in [0.2, 0.25) is 0 Å². The number of halogens is 3. The molecule has 0 heterocycles. The van der Waals surface area contributed by atoms with Gasteiger partial charge in [0.1, 0.15) is 18.1 Å². The molecule has 0 saturated carbocycles. The predicted octanol–water partition coefficient (Wildman–Crippen LogP) is 4.24. The molecule has 296 valence electrons. The van der Waals surface area contributed by atoms with Crippen molar-refractivity contribution in [3.05, 3.63) is 132 Å². The minimum Gasteiger partial charge on any atom is -0.382 e. The highest BCUT2D eigenvalue weighted by atomic mass is 19.4. The van der Waals surface area contributed by atoms with Gasteiger partial charge in [0.25, 0.3) is 5.91 Å². The van der Waals surface area contributed by atoms with Crippen LogP contribution in [0.15, 0.2) is 115 Å². The molecule has 4 aromatic rings. The maximum Gasteiger partial charge on any atom is 0.416 e. The molecule has 0 aliphatic heterocycles. The Hall–Kier alpha value is -6.02. The molecular weight excluding hydrogens is 727 g/mol. The van der Waals surface area contributed by atoms with E-state index in [1.54, 1.807) is 98.8 Å². The number of aliphatic hydroxyl groups excluding tert-OH is 1. The van der Waals surface area contributed by atoms with Crippen molar-refractivity contribution >= 4 is 29.5 Å². The van der Waals surface area contributed by atoms with Gasteiger partial charge in [-0.2, -0.15) is 13.2 Å². The van der Waals surface area contributed by atoms with Gasteiger partial charge in [0.2, 0.25) is 23.6 Å². The van der Waals surface area contributed by atoms with Crippen LogP contribution in [0.25, 0.3) is 11.1 Å². The number of rotatable bonds is 18. The lowest BCUT2D eigenvalue weighted by Crippen LogP contribution is -2.60. The number of carbonyl (C=O) groups excluding carboxylic acids is 5. The largest absolute Gasteiger partial charge is 0.416 e. The molecule has 0 aromatic heterocycles. The molecule has 4 aromatic carbocycles. The average Bonchev–Trinajstić information content (AvgIpc) is 3.18. The first-order valence-corrected chi connectivity index (χ1v) is 18.1. The van der Waals surface area contributed by atoms with E-state index in [4.69, 9.17) is 5.73 Å². The van der Waals surface area contributed by atoms with Crippen LogP contribution in [-0.4, -0.2) is 71.1 Å². The van der Waals surface area contributed by atoms with Crippen LogP contribution < -0.4 is 27.0 Å². The van der Waals surface area contributed by atoms with Crippen LogP contribution in [0, 0.1) is 5.92 Å². The Bertz CT molecular complexity index is 1910. The van der Waals surface area contributed by atoms with Crippen molar-refractivity contribution in [1.82, 2.24) is 21.3 Å². The van der Waals surface area contributed by atoms with Gasteiger partial charge >= 0.3 is 6.18 Å². The van der Waals surface area contributed by atoms with Crippen LogP contribution in [-0.2, 0) is 32.0 Å². The van der Waals surface area contributed by atoms with Gasteiger partial charge < -0.3 is 32.1 Å². The van der Waals surface area contributed by atoms with E-state index >= 15 is 0 Å². The van der Waals surface area contributed by atoms with Gasteiger partial charge in [0.05, 0.1) is 6.04 Å². The lowest BCUT2D eigenvalue weighted by molar-refractivity contribution is -0.212. The van der Waals surface area contributed by atoms with Crippen molar-refractivity contribution in [3.8, 4) is 11.1 Å². The Morgan fingerprint density at radius 3 is 1.54 bits per heavy atom. The Labute approximate surface area is 323 Å². The quantitative estimate of drug-likeness (QED) is 0.0881. The predicted molar refractivity (Wildman–Crippen MR) is 205 cm³/mol. The second-order valence-corrected chi connectivity index (χ2v) is 13.7. The number of primary amides is 1. The molecule has 0 bridgehead atoms. The van der Waals surface area contributed by atoms with Crippen molar-refractivity contribution in [2.75, 3.05) is 0 Å². The summed E-state index contributed by atoms with van der Waals surface area (Å²) in [6, 6.07) is 27.6. The molecule has 5 atom stereocenters. The van der Waals surface area contributed by atoms with Gasteiger partial charge in [0.15, 0.2) is 6.10 Å². The molecule has 14 heteroatoms. The Morgan fingerprint density at radius 1 is 0.625 bits per heavy atom. The van der Waals surface area contributed by atoms with Crippen LogP contribution in [0.3, 0.4) is 0 Å². The standard InChI is InChI=1S/C42H46F3N5O6/c1-26(2)36(50-38(53)31-20-18-30(19-21-31)29-16-10-5-11-17-29)41(56)49-34(25-28-14-8-4-9-15-28)40(55)48-33(24-27-12-6-3-7-13-27)39(54)47-32(22-23-35(46)51)37(52)42(43,44)45/h3-21,26,32-34,36-37,52H,22-25H2,1-2H3,(H2,46,51)(H,47,54)(H,48,55)(H,49,56)(H,50,53)/t32?,33-,34-,36-,37?/m0/s1. The van der Waals surface area contributed by atoms with E-state index in [-0.39, 0.29) is 12.8 Å². The second kappa shape index (κ2) is 20.1. The lowest BCUT2D eigenvalue weighted by atomic mass is 9.99. The summed E-state index contributed by atoms with van der Waals surface area (Å²) in [6.07, 6.45) is -9.60. The summed E-state index contributed by atoms with van der Waals surface area (Å²) in [5, 5.41) is 20.3. The second-order valence-electron chi connectivity index (χ2n) is 13.7. The van der Waals surface area contributed by atoms with Crippen molar-refractivity contribution in [2.24, 2.45) is 11.7 Å². The Balaban J connectivity index is 1.57. The molecule has 5 amide bonds. The van der Waals surface area contributed by atoms with Crippen LogP contribution in [0.5, 0.6) is 0 Å². The first-order valence-electron chi connectivity index (χ1n) is 18.1.